The number of hydrogen-bond donors (Lipinski definition) is 0. The van der Waals surface area contributed by atoms with Crippen molar-refractivity contribution in [2.45, 2.75) is 18.4 Å². The third kappa shape index (κ3) is 3.66. The highest BCUT2D eigenvalue weighted by molar-refractivity contribution is 6.03. The standard InChI is InChI=1S/C19H20O4/c1-22-17(20)13-14-19(23-2,16-11-7-4-8-12-16)18(21)15-9-5-3-6-10-15/h3-12H,13-14H2,1-2H3. The molecule has 2 rings (SSSR count). The first-order chi connectivity index (χ1) is 11.1. The van der Waals surface area contributed by atoms with Gasteiger partial charge in [0, 0.05) is 19.1 Å². The van der Waals surface area contributed by atoms with E-state index in [0.717, 1.165) is 5.56 Å². The highest BCUT2D eigenvalue weighted by Gasteiger charge is 2.41. The molecular weight excluding hydrogens is 292 g/mol. The Bertz CT molecular complexity index is 652. The molecule has 2 aromatic rings. The van der Waals surface area contributed by atoms with Crippen LogP contribution in [0.2, 0.25) is 0 Å². The van der Waals surface area contributed by atoms with Crippen LogP contribution in [0.4, 0.5) is 0 Å². The molecule has 0 N–H and O–H groups in total. The SMILES string of the molecule is COC(=O)CCC(OC)(C(=O)c1ccccc1)c1ccccc1. The summed E-state index contributed by atoms with van der Waals surface area (Å²) in [6.07, 6.45) is 0.311. The highest BCUT2D eigenvalue weighted by Crippen LogP contribution is 2.34. The largest absolute Gasteiger partial charge is 0.469 e. The zero-order valence-corrected chi connectivity index (χ0v) is 13.3. The predicted octanol–water partition coefficient (Wildman–Crippen LogP) is 3.36. The molecule has 0 saturated heterocycles. The summed E-state index contributed by atoms with van der Waals surface area (Å²) in [4.78, 5) is 24.7. The van der Waals surface area contributed by atoms with E-state index in [2.05, 4.69) is 0 Å². The summed E-state index contributed by atoms with van der Waals surface area (Å²) in [6, 6.07) is 18.2. The van der Waals surface area contributed by atoms with Crippen LogP contribution in [-0.2, 0) is 19.9 Å². The van der Waals surface area contributed by atoms with Gasteiger partial charge < -0.3 is 9.47 Å². The van der Waals surface area contributed by atoms with Gasteiger partial charge in [0.05, 0.1) is 7.11 Å². The van der Waals surface area contributed by atoms with Crippen molar-refractivity contribution in [3.63, 3.8) is 0 Å². The van der Waals surface area contributed by atoms with Gasteiger partial charge in [0.25, 0.3) is 0 Å². The average Bonchev–Trinajstić information content (AvgIpc) is 2.63. The first-order valence-corrected chi connectivity index (χ1v) is 7.41. The lowest BCUT2D eigenvalue weighted by Gasteiger charge is -2.31. The summed E-state index contributed by atoms with van der Waals surface area (Å²) in [6.45, 7) is 0. The van der Waals surface area contributed by atoms with E-state index >= 15 is 0 Å². The second-order valence-corrected chi connectivity index (χ2v) is 5.17. The normalized spacial score (nSPS) is 13.1. The molecule has 0 amide bonds. The Labute approximate surface area is 136 Å². The van der Waals surface area contributed by atoms with E-state index in [1.807, 2.05) is 36.4 Å². The van der Waals surface area contributed by atoms with Crippen molar-refractivity contribution in [2.24, 2.45) is 0 Å². The Morgan fingerprint density at radius 3 is 2.00 bits per heavy atom. The fraction of sp³-hybridized carbons (Fsp3) is 0.263. The summed E-state index contributed by atoms with van der Waals surface area (Å²) in [5.41, 5.74) is 0.0555. The molecule has 0 radical (unpaired) electrons. The van der Waals surface area contributed by atoms with Gasteiger partial charge in [-0.05, 0) is 12.0 Å². The average molecular weight is 312 g/mol. The van der Waals surface area contributed by atoms with E-state index in [9.17, 15) is 9.59 Å². The van der Waals surface area contributed by atoms with Gasteiger partial charge in [0.1, 0.15) is 0 Å². The van der Waals surface area contributed by atoms with E-state index in [1.165, 1.54) is 14.2 Å². The van der Waals surface area contributed by atoms with Crippen LogP contribution in [0.1, 0.15) is 28.8 Å². The molecule has 0 aliphatic heterocycles. The van der Waals surface area contributed by atoms with E-state index in [-0.39, 0.29) is 24.6 Å². The van der Waals surface area contributed by atoms with Gasteiger partial charge in [-0.15, -0.1) is 0 Å². The maximum atomic E-state index is 13.1. The van der Waals surface area contributed by atoms with Crippen molar-refractivity contribution in [2.75, 3.05) is 14.2 Å². The molecule has 4 heteroatoms. The second kappa shape index (κ2) is 7.70. The van der Waals surface area contributed by atoms with Crippen molar-refractivity contribution in [1.82, 2.24) is 0 Å². The Balaban J connectivity index is 2.45. The Morgan fingerprint density at radius 1 is 0.913 bits per heavy atom. The van der Waals surface area contributed by atoms with Gasteiger partial charge in [0.15, 0.2) is 11.4 Å². The van der Waals surface area contributed by atoms with Crippen LogP contribution in [0.25, 0.3) is 0 Å². The molecule has 120 valence electrons. The topological polar surface area (TPSA) is 52.6 Å². The molecule has 4 nitrogen and oxygen atoms in total. The fourth-order valence-corrected chi connectivity index (χ4v) is 2.61. The number of carbonyl (C=O) groups is 2. The Kier molecular flexibility index (Phi) is 5.66. The summed E-state index contributed by atoms with van der Waals surface area (Å²) in [5, 5.41) is 0. The molecule has 1 unspecified atom stereocenters. The van der Waals surface area contributed by atoms with Gasteiger partial charge in [-0.25, -0.2) is 0 Å². The predicted molar refractivity (Wildman–Crippen MR) is 87.2 cm³/mol. The molecule has 0 aliphatic carbocycles. The van der Waals surface area contributed by atoms with Gasteiger partial charge in [-0.3, -0.25) is 9.59 Å². The number of ketones is 1. The minimum atomic E-state index is -1.21. The van der Waals surface area contributed by atoms with Gasteiger partial charge in [0.2, 0.25) is 0 Å². The van der Waals surface area contributed by atoms with Crippen molar-refractivity contribution in [3.8, 4) is 0 Å². The molecule has 0 spiro atoms. The third-order valence-corrected chi connectivity index (χ3v) is 3.90. The molecule has 0 aliphatic rings. The van der Waals surface area contributed by atoms with E-state index in [4.69, 9.17) is 9.47 Å². The first-order valence-electron chi connectivity index (χ1n) is 7.41. The minimum Gasteiger partial charge on any atom is -0.469 e. The fourth-order valence-electron chi connectivity index (χ4n) is 2.61. The molecule has 23 heavy (non-hydrogen) atoms. The molecule has 2 aromatic carbocycles. The number of Topliss-reactive ketones (excluding diaryl/α,β-unsaturated/α-hetero) is 1. The summed E-state index contributed by atoms with van der Waals surface area (Å²) in [5.74, 6) is -0.543. The van der Waals surface area contributed by atoms with Gasteiger partial charge >= 0.3 is 5.97 Å². The molecule has 0 saturated carbocycles. The van der Waals surface area contributed by atoms with Gasteiger partial charge in [-0.1, -0.05) is 60.7 Å². The Morgan fingerprint density at radius 2 is 1.48 bits per heavy atom. The second-order valence-electron chi connectivity index (χ2n) is 5.17. The summed E-state index contributed by atoms with van der Waals surface area (Å²) < 4.78 is 10.4. The van der Waals surface area contributed by atoms with Crippen LogP contribution >= 0.6 is 0 Å². The number of carbonyl (C=O) groups excluding carboxylic acids is 2. The quantitative estimate of drug-likeness (QED) is 0.581. The lowest BCUT2D eigenvalue weighted by molar-refractivity contribution is -0.142. The maximum Gasteiger partial charge on any atom is 0.305 e. The van der Waals surface area contributed by atoms with E-state index in [1.54, 1.807) is 24.3 Å². The number of hydrogen-bond acceptors (Lipinski definition) is 4. The summed E-state index contributed by atoms with van der Waals surface area (Å²) in [7, 11) is 2.82. The summed E-state index contributed by atoms with van der Waals surface area (Å²) >= 11 is 0. The van der Waals surface area contributed by atoms with Crippen LogP contribution in [0, 0.1) is 0 Å². The monoisotopic (exact) mass is 312 g/mol. The van der Waals surface area contributed by atoms with Crippen LogP contribution in [-0.4, -0.2) is 26.0 Å². The molecule has 0 fully saturated rings. The molecular formula is C19H20O4. The number of benzene rings is 2. The maximum absolute atomic E-state index is 13.1. The number of rotatable bonds is 7. The number of ether oxygens (including phenoxy) is 2. The van der Waals surface area contributed by atoms with Crippen LogP contribution < -0.4 is 0 Å². The molecule has 1 atom stereocenters. The highest BCUT2D eigenvalue weighted by atomic mass is 16.5. The van der Waals surface area contributed by atoms with Crippen molar-refractivity contribution >= 4 is 11.8 Å². The lowest BCUT2D eigenvalue weighted by atomic mass is 9.82. The molecule has 0 bridgehead atoms. The lowest BCUT2D eigenvalue weighted by Crippen LogP contribution is -2.38. The number of methoxy groups -OCH3 is 2. The van der Waals surface area contributed by atoms with Crippen LogP contribution in [0.5, 0.6) is 0 Å². The Hall–Kier alpha value is -2.46. The first kappa shape index (κ1) is 16.9. The van der Waals surface area contributed by atoms with Crippen molar-refractivity contribution < 1.29 is 19.1 Å². The zero-order chi connectivity index (χ0) is 16.7. The van der Waals surface area contributed by atoms with Crippen molar-refractivity contribution in [1.29, 1.82) is 0 Å². The van der Waals surface area contributed by atoms with E-state index < -0.39 is 5.60 Å². The molecule has 0 heterocycles. The third-order valence-electron chi connectivity index (χ3n) is 3.90. The van der Waals surface area contributed by atoms with Crippen LogP contribution in [0.15, 0.2) is 60.7 Å². The zero-order valence-electron chi connectivity index (χ0n) is 13.3. The molecule has 0 aromatic heterocycles. The number of esters is 1. The smallest absolute Gasteiger partial charge is 0.305 e. The van der Waals surface area contributed by atoms with Crippen molar-refractivity contribution in [3.05, 3.63) is 71.8 Å². The van der Waals surface area contributed by atoms with Crippen LogP contribution in [0.3, 0.4) is 0 Å². The minimum absolute atomic E-state index is 0.0950. The van der Waals surface area contributed by atoms with Gasteiger partial charge in [-0.2, -0.15) is 0 Å². The van der Waals surface area contributed by atoms with E-state index in [0.29, 0.717) is 5.56 Å².